The van der Waals surface area contributed by atoms with Crippen molar-refractivity contribution in [3.8, 4) is 0 Å². The van der Waals surface area contributed by atoms with E-state index in [-0.39, 0.29) is 0 Å². The zero-order valence-corrected chi connectivity index (χ0v) is 14.2. The van der Waals surface area contributed by atoms with E-state index in [1.54, 1.807) is 11.3 Å². The van der Waals surface area contributed by atoms with Gasteiger partial charge in [0.2, 0.25) is 0 Å². The summed E-state index contributed by atoms with van der Waals surface area (Å²) >= 11 is 1.79. The number of nitrogens with one attached hydrogen (secondary N) is 2. The Bertz CT molecular complexity index is 439. The van der Waals surface area contributed by atoms with Gasteiger partial charge in [0.05, 0.1) is 6.04 Å². The van der Waals surface area contributed by atoms with Crippen LogP contribution in [0.15, 0.2) is 5.38 Å². The van der Waals surface area contributed by atoms with Crippen LogP contribution in [0.4, 0.5) is 0 Å². The van der Waals surface area contributed by atoms with Crippen LogP contribution in [-0.4, -0.2) is 23.6 Å². The highest BCUT2D eigenvalue weighted by Gasteiger charge is 2.33. The fourth-order valence-corrected chi connectivity index (χ4v) is 4.87. The molecule has 0 bridgehead atoms. The number of thiazole rings is 1. The average Bonchev–Trinajstić information content (AvgIpc) is 2.95. The van der Waals surface area contributed by atoms with Gasteiger partial charge in [-0.3, -0.25) is 0 Å². The van der Waals surface area contributed by atoms with E-state index >= 15 is 0 Å². The summed E-state index contributed by atoms with van der Waals surface area (Å²) in [6.45, 7) is 5.58. The molecule has 1 aromatic rings. The summed E-state index contributed by atoms with van der Waals surface area (Å²) in [6, 6.07) is 1.79. The van der Waals surface area contributed by atoms with Crippen molar-refractivity contribution in [3.63, 3.8) is 0 Å². The van der Waals surface area contributed by atoms with E-state index in [4.69, 9.17) is 0 Å². The highest BCUT2D eigenvalue weighted by atomic mass is 32.1. The highest BCUT2D eigenvalue weighted by Crippen LogP contribution is 2.32. The van der Waals surface area contributed by atoms with Crippen LogP contribution >= 0.6 is 11.3 Å². The standard InChI is InChI=1S/C17H29N3S/c1-12-11-21-17(19-12)13(2)20-16-9-4-3-7-14(16)15-8-5-6-10-18-15/h11,13-16,18,20H,3-10H2,1-2H3. The maximum atomic E-state index is 4.65. The molecule has 3 nitrogen and oxygen atoms in total. The summed E-state index contributed by atoms with van der Waals surface area (Å²) in [5.74, 6) is 0.808. The fraction of sp³-hybridized carbons (Fsp3) is 0.824. The molecule has 1 saturated heterocycles. The van der Waals surface area contributed by atoms with Crippen LogP contribution in [0.1, 0.15) is 68.6 Å². The number of nitrogens with zero attached hydrogens (tertiary/aromatic N) is 1. The first-order valence-electron chi connectivity index (χ1n) is 8.65. The zero-order valence-electron chi connectivity index (χ0n) is 13.4. The van der Waals surface area contributed by atoms with Gasteiger partial charge in [-0.2, -0.15) is 0 Å². The van der Waals surface area contributed by atoms with E-state index < -0.39 is 0 Å². The zero-order chi connectivity index (χ0) is 14.7. The van der Waals surface area contributed by atoms with Crippen molar-refractivity contribution in [3.05, 3.63) is 16.1 Å². The van der Waals surface area contributed by atoms with Crippen LogP contribution in [0.5, 0.6) is 0 Å². The lowest BCUT2D eigenvalue weighted by atomic mass is 9.77. The molecule has 1 aliphatic heterocycles. The monoisotopic (exact) mass is 307 g/mol. The van der Waals surface area contributed by atoms with E-state index in [1.807, 2.05) is 0 Å². The van der Waals surface area contributed by atoms with Crippen LogP contribution < -0.4 is 10.6 Å². The minimum Gasteiger partial charge on any atom is -0.314 e. The van der Waals surface area contributed by atoms with E-state index in [2.05, 4.69) is 34.8 Å². The molecule has 2 N–H and O–H groups in total. The Morgan fingerprint density at radius 3 is 2.76 bits per heavy atom. The van der Waals surface area contributed by atoms with Gasteiger partial charge < -0.3 is 10.6 Å². The van der Waals surface area contributed by atoms with Gasteiger partial charge in [-0.15, -0.1) is 11.3 Å². The fourth-order valence-electron chi connectivity index (χ4n) is 4.06. The van der Waals surface area contributed by atoms with Crippen LogP contribution in [0, 0.1) is 12.8 Å². The first kappa shape index (κ1) is 15.4. The van der Waals surface area contributed by atoms with Crippen molar-refractivity contribution >= 4 is 11.3 Å². The lowest BCUT2D eigenvalue weighted by Gasteiger charge is -2.40. The number of aryl methyl sites for hydroxylation is 1. The summed E-state index contributed by atoms with van der Waals surface area (Å²) in [5, 5.41) is 11.1. The maximum Gasteiger partial charge on any atom is 0.110 e. The van der Waals surface area contributed by atoms with Gasteiger partial charge in [-0.25, -0.2) is 4.98 Å². The largest absolute Gasteiger partial charge is 0.314 e. The molecular formula is C17H29N3S. The second-order valence-corrected chi connectivity index (χ2v) is 7.72. The minimum absolute atomic E-state index is 0.387. The summed E-state index contributed by atoms with van der Waals surface area (Å²) in [5.41, 5.74) is 1.15. The molecular weight excluding hydrogens is 278 g/mol. The third-order valence-electron chi connectivity index (χ3n) is 5.16. The van der Waals surface area contributed by atoms with Crippen molar-refractivity contribution in [1.29, 1.82) is 0 Å². The summed E-state index contributed by atoms with van der Waals surface area (Å²) in [6.07, 6.45) is 9.64. The van der Waals surface area contributed by atoms with Gasteiger partial charge in [0.15, 0.2) is 0 Å². The second-order valence-electron chi connectivity index (χ2n) is 6.83. The molecule has 2 aliphatic rings. The van der Waals surface area contributed by atoms with E-state index in [9.17, 15) is 0 Å². The Morgan fingerprint density at radius 1 is 1.24 bits per heavy atom. The lowest BCUT2D eigenvalue weighted by molar-refractivity contribution is 0.173. The molecule has 4 unspecified atom stereocenters. The molecule has 21 heavy (non-hydrogen) atoms. The predicted octanol–water partition coefficient (Wildman–Crippen LogP) is 3.80. The Kier molecular flexibility index (Phi) is 5.30. The highest BCUT2D eigenvalue weighted by molar-refractivity contribution is 7.09. The molecule has 4 atom stereocenters. The summed E-state index contributed by atoms with van der Waals surface area (Å²) < 4.78 is 0. The number of hydrogen-bond acceptors (Lipinski definition) is 4. The Hall–Kier alpha value is -0.450. The molecule has 118 valence electrons. The Labute approximate surface area is 132 Å². The normalized spacial score (nSPS) is 32.0. The topological polar surface area (TPSA) is 37.0 Å². The molecule has 1 aromatic heterocycles. The Balaban J connectivity index is 1.63. The Morgan fingerprint density at radius 2 is 2.05 bits per heavy atom. The SMILES string of the molecule is Cc1csc(C(C)NC2CCCCC2C2CCCCN2)n1. The quantitative estimate of drug-likeness (QED) is 0.888. The third kappa shape index (κ3) is 3.85. The summed E-state index contributed by atoms with van der Waals surface area (Å²) in [4.78, 5) is 4.65. The number of rotatable bonds is 4. The number of piperidine rings is 1. The van der Waals surface area contributed by atoms with E-state index in [0.29, 0.717) is 12.1 Å². The van der Waals surface area contributed by atoms with Gasteiger partial charge in [0, 0.05) is 23.2 Å². The first-order valence-corrected chi connectivity index (χ1v) is 9.53. The van der Waals surface area contributed by atoms with Crippen LogP contribution in [-0.2, 0) is 0 Å². The van der Waals surface area contributed by atoms with Gasteiger partial charge >= 0.3 is 0 Å². The van der Waals surface area contributed by atoms with Crippen molar-refractivity contribution in [1.82, 2.24) is 15.6 Å². The van der Waals surface area contributed by atoms with Gasteiger partial charge in [0.25, 0.3) is 0 Å². The number of hydrogen-bond donors (Lipinski definition) is 2. The number of aromatic nitrogens is 1. The van der Waals surface area contributed by atoms with Crippen molar-refractivity contribution in [2.24, 2.45) is 5.92 Å². The van der Waals surface area contributed by atoms with Crippen molar-refractivity contribution in [2.45, 2.75) is 76.9 Å². The van der Waals surface area contributed by atoms with Gasteiger partial charge in [0.1, 0.15) is 5.01 Å². The molecule has 2 fully saturated rings. The first-order chi connectivity index (χ1) is 10.2. The molecule has 4 heteroatoms. The van der Waals surface area contributed by atoms with Crippen LogP contribution in [0.3, 0.4) is 0 Å². The predicted molar refractivity (Wildman–Crippen MR) is 89.8 cm³/mol. The van der Waals surface area contributed by atoms with Crippen molar-refractivity contribution in [2.75, 3.05) is 6.54 Å². The molecule has 0 spiro atoms. The molecule has 0 amide bonds. The van der Waals surface area contributed by atoms with E-state index in [0.717, 1.165) is 17.7 Å². The van der Waals surface area contributed by atoms with Crippen LogP contribution in [0.2, 0.25) is 0 Å². The second kappa shape index (κ2) is 7.21. The maximum absolute atomic E-state index is 4.65. The molecule has 3 rings (SSSR count). The van der Waals surface area contributed by atoms with E-state index in [1.165, 1.54) is 56.5 Å². The van der Waals surface area contributed by atoms with Gasteiger partial charge in [-0.05, 0) is 52.0 Å². The lowest BCUT2D eigenvalue weighted by Crippen LogP contribution is -2.50. The van der Waals surface area contributed by atoms with Crippen LogP contribution in [0.25, 0.3) is 0 Å². The molecule has 1 saturated carbocycles. The smallest absolute Gasteiger partial charge is 0.110 e. The molecule has 0 radical (unpaired) electrons. The third-order valence-corrected chi connectivity index (χ3v) is 6.30. The van der Waals surface area contributed by atoms with Crippen molar-refractivity contribution < 1.29 is 0 Å². The summed E-state index contributed by atoms with van der Waals surface area (Å²) in [7, 11) is 0. The minimum atomic E-state index is 0.387. The average molecular weight is 308 g/mol. The molecule has 2 heterocycles. The molecule has 0 aromatic carbocycles. The van der Waals surface area contributed by atoms with Gasteiger partial charge in [-0.1, -0.05) is 19.3 Å². The molecule has 1 aliphatic carbocycles.